The van der Waals surface area contributed by atoms with Crippen LogP contribution in [0.2, 0.25) is 0 Å². The van der Waals surface area contributed by atoms with E-state index in [0.717, 1.165) is 41.7 Å². The van der Waals surface area contributed by atoms with Crippen LogP contribution in [0, 0.1) is 13.8 Å². The van der Waals surface area contributed by atoms with Crippen molar-refractivity contribution >= 4 is 34.1 Å². The molecule has 7 nitrogen and oxygen atoms in total. The summed E-state index contributed by atoms with van der Waals surface area (Å²) >= 11 is 2.80. The van der Waals surface area contributed by atoms with Crippen molar-refractivity contribution in [3.05, 3.63) is 46.2 Å². The fraction of sp³-hybridized carbons (Fsp3) is 0.400. The second-order valence-corrected chi connectivity index (χ2v) is 8.54. The Bertz CT molecular complexity index is 983. The highest BCUT2D eigenvalue weighted by Crippen LogP contribution is 2.21. The Morgan fingerprint density at radius 3 is 2.79 bits per heavy atom. The van der Waals surface area contributed by atoms with Crippen LogP contribution in [0.1, 0.15) is 29.1 Å². The number of aromatic nitrogens is 4. The molecule has 1 amide bonds. The lowest BCUT2D eigenvalue weighted by molar-refractivity contribution is -0.113. The van der Waals surface area contributed by atoms with Crippen molar-refractivity contribution in [1.29, 1.82) is 0 Å². The van der Waals surface area contributed by atoms with Crippen LogP contribution >= 0.6 is 23.1 Å². The van der Waals surface area contributed by atoms with Crippen LogP contribution in [0.25, 0.3) is 0 Å². The van der Waals surface area contributed by atoms with Crippen LogP contribution in [0.15, 0.2) is 28.7 Å². The van der Waals surface area contributed by atoms with Crippen LogP contribution in [0.5, 0.6) is 5.75 Å². The van der Waals surface area contributed by atoms with E-state index >= 15 is 0 Å². The van der Waals surface area contributed by atoms with Crippen LogP contribution in [-0.2, 0) is 24.7 Å². The number of thiazole rings is 1. The summed E-state index contributed by atoms with van der Waals surface area (Å²) in [6, 6.07) is 6.18. The van der Waals surface area contributed by atoms with E-state index in [1.807, 2.05) is 30.0 Å². The Hall–Kier alpha value is -2.39. The number of rotatable bonds is 9. The molecule has 3 aromatic rings. The quantitative estimate of drug-likeness (QED) is 0.519. The molecule has 0 saturated heterocycles. The highest BCUT2D eigenvalue weighted by Gasteiger charge is 2.12. The third-order valence-electron chi connectivity index (χ3n) is 4.52. The molecule has 29 heavy (non-hydrogen) atoms. The van der Waals surface area contributed by atoms with Gasteiger partial charge < -0.3 is 14.6 Å². The summed E-state index contributed by atoms with van der Waals surface area (Å²) in [7, 11) is 3.63. The van der Waals surface area contributed by atoms with Crippen LogP contribution in [0.3, 0.4) is 0 Å². The van der Waals surface area contributed by atoms with Gasteiger partial charge >= 0.3 is 0 Å². The molecule has 0 bridgehead atoms. The van der Waals surface area contributed by atoms with Crippen molar-refractivity contribution in [2.24, 2.45) is 7.05 Å². The first-order valence-electron chi connectivity index (χ1n) is 9.33. The smallest absolute Gasteiger partial charge is 0.236 e. The van der Waals surface area contributed by atoms with Crippen LogP contribution < -0.4 is 10.1 Å². The van der Waals surface area contributed by atoms with Gasteiger partial charge in [-0.25, -0.2) is 4.98 Å². The summed E-state index contributed by atoms with van der Waals surface area (Å²) in [5.41, 5.74) is 3.46. The molecule has 0 fully saturated rings. The Balaban J connectivity index is 1.48. The number of benzene rings is 1. The lowest BCUT2D eigenvalue weighted by atomic mass is 10.0. The molecule has 0 aliphatic rings. The average Bonchev–Trinajstić information content (AvgIpc) is 3.26. The molecule has 0 atom stereocenters. The predicted molar refractivity (Wildman–Crippen MR) is 117 cm³/mol. The van der Waals surface area contributed by atoms with Gasteiger partial charge in [0.05, 0.1) is 18.6 Å². The molecule has 2 aromatic heterocycles. The average molecular weight is 432 g/mol. The molecule has 1 N–H and O–H groups in total. The number of anilines is 1. The molecule has 0 aliphatic heterocycles. The highest BCUT2D eigenvalue weighted by molar-refractivity contribution is 7.99. The van der Waals surface area contributed by atoms with E-state index in [-0.39, 0.29) is 11.7 Å². The van der Waals surface area contributed by atoms with Crippen molar-refractivity contribution < 1.29 is 9.53 Å². The minimum atomic E-state index is -0.0936. The van der Waals surface area contributed by atoms with Crippen molar-refractivity contribution in [2.75, 3.05) is 18.2 Å². The molecule has 3 rings (SSSR count). The summed E-state index contributed by atoms with van der Waals surface area (Å²) in [6.07, 6.45) is 2.79. The third kappa shape index (κ3) is 5.80. The number of nitrogens with zero attached hydrogens (tertiary/aromatic N) is 4. The number of thioether (sulfide) groups is 1. The standard InChI is InChI=1S/C20H25N5O2S2/c1-13-10-16(27-4)9-8-15(13)6-5-7-17-23-24-20(25(17)3)29-12-18(26)22-19-21-14(2)11-28-19/h8-11H,5-7,12H2,1-4H3,(H,21,22,26). The lowest BCUT2D eigenvalue weighted by Crippen LogP contribution is -2.14. The number of aryl methyl sites for hydroxylation is 4. The van der Waals surface area contributed by atoms with Crippen LogP contribution in [-0.4, -0.2) is 38.5 Å². The number of hydrogen-bond donors (Lipinski definition) is 1. The third-order valence-corrected chi connectivity index (χ3v) is 6.41. The zero-order chi connectivity index (χ0) is 20.8. The lowest BCUT2D eigenvalue weighted by Gasteiger charge is -2.08. The van der Waals surface area contributed by atoms with Crippen molar-refractivity contribution in [2.45, 2.75) is 38.3 Å². The summed E-state index contributed by atoms with van der Waals surface area (Å²) in [4.78, 5) is 16.3. The highest BCUT2D eigenvalue weighted by atomic mass is 32.2. The molecule has 154 valence electrons. The van der Waals surface area contributed by atoms with Gasteiger partial charge in [-0.3, -0.25) is 4.79 Å². The molecule has 0 spiro atoms. The minimum absolute atomic E-state index is 0.0936. The second-order valence-electron chi connectivity index (χ2n) is 6.73. The molecular formula is C20H25N5O2S2. The number of methoxy groups -OCH3 is 1. The van der Waals surface area contributed by atoms with E-state index in [1.165, 1.54) is 34.2 Å². The van der Waals surface area contributed by atoms with E-state index in [9.17, 15) is 4.79 Å². The van der Waals surface area contributed by atoms with Gasteiger partial charge in [-0.15, -0.1) is 21.5 Å². The summed E-state index contributed by atoms with van der Waals surface area (Å²) in [5, 5.41) is 14.6. The Morgan fingerprint density at radius 2 is 2.10 bits per heavy atom. The van der Waals surface area contributed by atoms with E-state index in [1.54, 1.807) is 7.11 Å². The van der Waals surface area contributed by atoms with E-state index in [0.29, 0.717) is 5.13 Å². The summed E-state index contributed by atoms with van der Waals surface area (Å²) < 4.78 is 7.23. The molecule has 2 heterocycles. The largest absolute Gasteiger partial charge is 0.497 e. The van der Waals surface area contributed by atoms with E-state index < -0.39 is 0 Å². The summed E-state index contributed by atoms with van der Waals surface area (Å²) in [5.74, 6) is 1.99. The second kappa shape index (κ2) is 9.89. The molecule has 0 unspecified atom stereocenters. The molecule has 0 radical (unpaired) electrons. The Labute approximate surface area is 178 Å². The zero-order valence-corrected chi connectivity index (χ0v) is 18.7. The number of amides is 1. The van der Waals surface area contributed by atoms with Crippen LogP contribution in [0.4, 0.5) is 5.13 Å². The van der Waals surface area contributed by atoms with Gasteiger partial charge in [0.2, 0.25) is 5.91 Å². The number of nitrogens with one attached hydrogen (secondary N) is 1. The summed E-state index contributed by atoms with van der Waals surface area (Å²) in [6.45, 7) is 4.00. The minimum Gasteiger partial charge on any atom is -0.497 e. The number of ether oxygens (including phenoxy) is 1. The number of carbonyl (C=O) groups excluding carboxylic acids is 1. The maximum atomic E-state index is 12.1. The number of carbonyl (C=O) groups is 1. The first kappa shape index (κ1) is 21.3. The molecule has 9 heteroatoms. The van der Waals surface area contributed by atoms with Gasteiger partial charge in [0.1, 0.15) is 11.6 Å². The Morgan fingerprint density at radius 1 is 1.28 bits per heavy atom. The van der Waals surface area contributed by atoms with Crippen molar-refractivity contribution in [3.63, 3.8) is 0 Å². The molecule has 0 aliphatic carbocycles. The van der Waals surface area contributed by atoms with Gasteiger partial charge in [0.25, 0.3) is 0 Å². The van der Waals surface area contributed by atoms with Crippen molar-refractivity contribution in [1.82, 2.24) is 19.7 Å². The maximum Gasteiger partial charge on any atom is 0.236 e. The first-order chi connectivity index (χ1) is 14.0. The monoisotopic (exact) mass is 431 g/mol. The first-order valence-corrected chi connectivity index (χ1v) is 11.2. The molecule has 1 aromatic carbocycles. The fourth-order valence-electron chi connectivity index (χ4n) is 2.90. The van der Waals surface area contributed by atoms with Crippen molar-refractivity contribution in [3.8, 4) is 5.75 Å². The fourth-order valence-corrected chi connectivity index (χ4v) is 4.33. The van der Waals surface area contributed by atoms with Gasteiger partial charge in [0, 0.05) is 18.8 Å². The van der Waals surface area contributed by atoms with E-state index in [2.05, 4.69) is 39.6 Å². The molecule has 0 saturated carbocycles. The zero-order valence-electron chi connectivity index (χ0n) is 17.1. The Kier molecular flexibility index (Phi) is 7.27. The van der Waals surface area contributed by atoms with Gasteiger partial charge in [-0.1, -0.05) is 17.8 Å². The predicted octanol–water partition coefficient (Wildman–Crippen LogP) is 3.80. The maximum absolute atomic E-state index is 12.1. The SMILES string of the molecule is COc1ccc(CCCc2nnc(SCC(=O)Nc3nc(C)cs3)n2C)c(C)c1. The molecular weight excluding hydrogens is 406 g/mol. The normalized spacial score (nSPS) is 10.9. The van der Waals surface area contributed by atoms with E-state index in [4.69, 9.17) is 4.74 Å². The van der Waals surface area contributed by atoms with Gasteiger partial charge in [-0.05, 0) is 49.9 Å². The van der Waals surface area contributed by atoms with Gasteiger partial charge in [0.15, 0.2) is 10.3 Å². The number of hydrogen-bond acceptors (Lipinski definition) is 7. The van der Waals surface area contributed by atoms with Gasteiger partial charge in [-0.2, -0.15) is 0 Å². The topological polar surface area (TPSA) is 81.9 Å².